The highest BCUT2D eigenvalue weighted by atomic mass is 32.2. The Kier molecular flexibility index (Phi) is 3.91. The number of rotatable bonds is 3. The third kappa shape index (κ3) is 3.16. The quantitative estimate of drug-likeness (QED) is 0.856. The van der Waals surface area contributed by atoms with E-state index in [0.717, 1.165) is 23.3 Å². The largest absolute Gasteiger partial charge is 0.396 e. The molecule has 2 aromatic rings. The van der Waals surface area contributed by atoms with Crippen LogP contribution in [0.15, 0.2) is 35.2 Å². The number of benzene rings is 2. The zero-order valence-electron chi connectivity index (χ0n) is 12.1. The fraction of sp³-hybridized carbons (Fsp3) is 0.200. The van der Waals surface area contributed by atoms with Crippen molar-refractivity contribution < 1.29 is 12.8 Å². The summed E-state index contributed by atoms with van der Waals surface area (Å²) in [6.07, 6.45) is 0. The van der Waals surface area contributed by atoms with E-state index in [1.54, 1.807) is 12.1 Å². The summed E-state index contributed by atoms with van der Waals surface area (Å²) in [7, 11) is -3.81. The first kappa shape index (κ1) is 15.3. The van der Waals surface area contributed by atoms with E-state index >= 15 is 0 Å². The molecule has 2 rings (SSSR count). The van der Waals surface area contributed by atoms with Gasteiger partial charge in [-0.25, -0.2) is 12.8 Å². The topological polar surface area (TPSA) is 72.2 Å². The van der Waals surface area contributed by atoms with Crippen LogP contribution in [-0.4, -0.2) is 8.42 Å². The van der Waals surface area contributed by atoms with Gasteiger partial charge in [0.2, 0.25) is 0 Å². The van der Waals surface area contributed by atoms with Crippen molar-refractivity contribution in [3.63, 3.8) is 0 Å². The molecule has 0 saturated heterocycles. The second kappa shape index (κ2) is 5.37. The molecule has 0 heterocycles. The van der Waals surface area contributed by atoms with Gasteiger partial charge in [-0.05, 0) is 61.7 Å². The first-order valence-electron chi connectivity index (χ1n) is 6.36. The molecule has 0 atom stereocenters. The van der Waals surface area contributed by atoms with Gasteiger partial charge in [0, 0.05) is 5.69 Å². The SMILES string of the molecule is Cc1ccc(NS(=O)(=O)c2cc(N)c(F)cc2C)cc1C. The van der Waals surface area contributed by atoms with Gasteiger partial charge in [0.15, 0.2) is 0 Å². The van der Waals surface area contributed by atoms with Crippen molar-refractivity contribution >= 4 is 21.4 Å². The molecule has 112 valence electrons. The monoisotopic (exact) mass is 308 g/mol. The lowest BCUT2D eigenvalue weighted by Gasteiger charge is -2.12. The van der Waals surface area contributed by atoms with Crippen LogP contribution in [-0.2, 0) is 10.0 Å². The highest BCUT2D eigenvalue weighted by Gasteiger charge is 2.19. The fourth-order valence-electron chi connectivity index (χ4n) is 1.97. The molecule has 0 radical (unpaired) electrons. The molecule has 0 aromatic heterocycles. The van der Waals surface area contributed by atoms with E-state index in [4.69, 9.17) is 5.73 Å². The van der Waals surface area contributed by atoms with Crippen molar-refractivity contribution in [3.05, 3.63) is 52.8 Å². The lowest BCUT2D eigenvalue weighted by molar-refractivity contribution is 0.599. The molecule has 0 bridgehead atoms. The minimum absolute atomic E-state index is 0.0281. The number of halogens is 1. The Morgan fingerprint density at radius 3 is 2.29 bits per heavy atom. The summed E-state index contributed by atoms with van der Waals surface area (Å²) in [4.78, 5) is -0.0281. The number of sulfonamides is 1. The lowest BCUT2D eigenvalue weighted by atomic mass is 10.1. The molecular weight excluding hydrogens is 291 g/mol. The molecular formula is C15H17FN2O2S. The summed E-state index contributed by atoms with van der Waals surface area (Å²) in [5, 5.41) is 0. The van der Waals surface area contributed by atoms with Crippen molar-refractivity contribution in [1.82, 2.24) is 0 Å². The van der Waals surface area contributed by atoms with E-state index in [-0.39, 0.29) is 10.6 Å². The van der Waals surface area contributed by atoms with Crippen LogP contribution in [0.2, 0.25) is 0 Å². The summed E-state index contributed by atoms with van der Waals surface area (Å²) in [5.74, 6) is -0.627. The summed E-state index contributed by atoms with van der Waals surface area (Å²) in [6.45, 7) is 5.37. The smallest absolute Gasteiger partial charge is 0.262 e. The van der Waals surface area contributed by atoms with Crippen LogP contribution in [0.3, 0.4) is 0 Å². The van der Waals surface area contributed by atoms with Gasteiger partial charge in [0.1, 0.15) is 5.82 Å². The number of hydrogen-bond acceptors (Lipinski definition) is 3. The van der Waals surface area contributed by atoms with Crippen molar-refractivity contribution in [2.75, 3.05) is 10.5 Å². The average Bonchev–Trinajstić information content (AvgIpc) is 2.37. The Balaban J connectivity index is 2.43. The van der Waals surface area contributed by atoms with Gasteiger partial charge >= 0.3 is 0 Å². The van der Waals surface area contributed by atoms with Gasteiger partial charge in [-0.2, -0.15) is 0 Å². The second-order valence-electron chi connectivity index (χ2n) is 5.04. The van der Waals surface area contributed by atoms with Crippen LogP contribution >= 0.6 is 0 Å². The van der Waals surface area contributed by atoms with Gasteiger partial charge in [-0.3, -0.25) is 4.72 Å². The molecule has 2 aromatic carbocycles. The zero-order chi connectivity index (χ0) is 15.8. The van der Waals surface area contributed by atoms with Crippen molar-refractivity contribution in [3.8, 4) is 0 Å². The van der Waals surface area contributed by atoms with Crippen LogP contribution in [0.25, 0.3) is 0 Å². The van der Waals surface area contributed by atoms with Crippen LogP contribution in [0.4, 0.5) is 15.8 Å². The fourth-order valence-corrected chi connectivity index (χ4v) is 3.29. The molecule has 4 nitrogen and oxygen atoms in total. The Labute approximate surface area is 123 Å². The molecule has 21 heavy (non-hydrogen) atoms. The molecule has 0 aliphatic carbocycles. The minimum Gasteiger partial charge on any atom is -0.396 e. The van der Waals surface area contributed by atoms with Crippen molar-refractivity contribution in [2.45, 2.75) is 25.7 Å². The van der Waals surface area contributed by atoms with Gasteiger partial charge in [-0.1, -0.05) is 6.07 Å². The van der Waals surface area contributed by atoms with Gasteiger partial charge in [-0.15, -0.1) is 0 Å². The van der Waals surface area contributed by atoms with E-state index in [0.29, 0.717) is 11.3 Å². The van der Waals surface area contributed by atoms with E-state index in [1.165, 1.54) is 6.92 Å². The summed E-state index contributed by atoms with van der Waals surface area (Å²) >= 11 is 0. The number of aryl methyl sites for hydroxylation is 3. The number of anilines is 2. The lowest BCUT2D eigenvalue weighted by Crippen LogP contribution is -2.15. The van der Waals surface area contributed by atoms with Gasteiger partial charge in [0.25, 0.3) is 10.0 Å². The highest BCUT2D eigenvalue weighted by Crippen LogP contribution is 2.24. The average molecular weight is 308 g/mol. The van der Waals surface area contributed by atoms with Crippen LogP contribution in [0, 0.1) is 26.6 Å². The number of nitrogens with one attached hydrogen (secondary N) is 1. The van der Waals surface area contributed by atoms with Crippen LogP contribution in [0.1, 0.15) is 16.7 Å². The van der Waals surface area contributed by atoms with E-state index in [1.807, 2.05) is 19.9 Å². The minimum atomic E-state index is -3.81. The molecule has 0 aliphatic rings. The van der Waals surface area contributed by atoms with Crippen LogP contribution < -0.4 is 10.5 Å². The third-order valence-corrected chi connectivity index (χ3v) is 4.87. The van der Waals surface area contributed by atoms with Crippen molar-refractivity contribution in [2.24, 2.45) is 0 Å². The highest BCUT2D eigenvalue weighted by molar-refractivity contribution is 7.92. The predicted molar refractivity (Wildman–Crippen MR) is 82.3 cm³/mol. The molecule has 0 unspecified atom stereocenters. The first-order valence-corrected chi connectivity index (χ1v) is 7.85. The Morgan fingerprint density at radius 2 is 1.67 bits per heavy atom. The Hall–Kier alpha value is -2.08. The first-order chi connectivity index (χ1) is 9.70. The molecule has 0 fully saturated rings. The van der Waals surface area contributed by atoms with Gasteiger partial charge < -0.3 is 5.73 Å². The summed E-state index contributed by atoms with van der Waals surface area (Å²) in [6, 6.07) is 7.51. The van der Waals surface area contributed by atoms with E-state index in [2.05, 4.69) is 4.72 Å². The van der Waals surface area contributed by atoms with Crippen LogP contribution in [0.5, 0.6) is 0 Å². The van der Waals surface area contributed by atoms with E-state index < -0.39 is 15.8 Å². The van der Waals surface area contributed by atoms with E-state index in [9.17, 15) is 12.8 Å². The molecule has 3 N–H and O–H groups in total. The number of nitrogens with two attached hydrogens (primary N) is 1. The molecule has 0 saturated carbocycles. The number of nitrogen functional groups attached to an aromatic ring is 1. The second-order valence-corrected chi connectivity index (χ2v) is 6.69. The maximum absolute atomic E-state index is 13.3. The molecule has 0 spiro atoms. The maximum Gasteiger partial charge on any atom is 0.262 e. The normalized spacial score (nSPS) is 11.4. The zero-order valence-corrected chi connectivity index (χ0v) is 12.9. The molecule has 6 heteroatoms. The Morgan fingerprint density at radius 1 is 1.00 bits per heavy atom. The predicted octanol–water partition coefficient (Wildman–Crippen LogP) is 3.13. The Bertz CT molecular complexity index is 802. The number of hydrogen-bond donors (Lipinski definition) is 2. The maximum atomic E-state index is 13.3. The third-order valence-electron chi connectivity index (χ3n) is 3.34. The summed E-state index contributed by atoms with van der Waals surface area (Å²) < 4.78 is 40.6. The van der Waals surface area contributed by atoms with Crippen molar-refractivity contribution in [1.29, 1.82) is 0 Å². The molecule has 0 amide bonds. The molecule has 0 aliphatic heterocycles. The van der Waals surface area contributed by atoms with Gasteiger partial charge in [0.05, 0.1) is 10.6 Å². The summed E-state index contributed by atoms with van der Waals surface area (Å²) in [5.41, 5.74) is 8.07. The standard InChI is InChI=1S/C15H17FN2O2S/c1-9-4-5-12(6-10(9)2)18-21(19,20)15-8-14(17)13(16)7-11(15)3/h4-8,18H,17H2,1-3H3.